The summed E-state index contributed by atoms with van der Waals surface area (Å²) in [5.74, 6) is -1.46. The number of pyridine rings is 1. The maximum atomic E-state index is 12.5. The van der Waals surface area contributed by atoms with E-state index < -0.39 is 17.7 Å². The van der Waals surface area contributed by atoms with Gasteiger partial charge in [0.05, 0.1) is 12.8 Å². The number of hydrogen-bond acceptors (Lipinski definition) is 4. The monoisotopic (exact) mass is 226 g/mol. The highest BCUT2D eigenvalue weighted by atomic mass is 19.1. The van der Waals surface area contributed by atoms with Gasteiger partial charge < -0.3 is 10.1 Å². The molecule has 1 amide bonds. The van der Waals surface area contributed by atoms with Crippen molar-refractivity contribution in [1.29, 1.82) is 0 Å². The van der Waals surface area contributed by atoms with Gasteiger partial charge in [-0.3, -0.25) is 9.59 Å². The molecular formula is C10H11FN2O3. The van der Waals surface area contributed by atoms with E-state index in [0.29, 0.717) is 0 Å². The summed E-state index contributed by atoms with van der Waals surface area (Å²) in [6.07, 6.45) is 0.590. The number of carbonyl (C=O) groups excluding carboxylic acids is 2. The van der Waals surface area contributed by atoms with Crippen LogP contribution in [0.2, 0.25) is 0 Å². The van der Waals surface area contributed by atoms with Crippen molar-refractivity contribution in [3.8, 4) is 0 Å². The molecule has 1 aromatic rings. The first kappa shape index (κ1) is 12.1. The molecule has 0 fully saturated rings. The van der Waals surface area contributed by atoms with Crippen LogP contribution in [0.25, 0.3) is 0 Å². The molecule has 0 spiro atoms. The smallest absolute Gasteiger partial charge is 0.315 e. The van der Waals surface area contributed by atoms with Gasteiger partial charge in [-0.05, 0) is 19.1 Å². The Hall–Kier alpha value is -1.98. The molecule has 16 heavy (non-hydrogen) atoms. The van der Waals surface area contributed by atoms with Gasteiger partial charge in [0.2, 0.25) is 5.91 Å². The Morgan fingerprint density at radius 2 is 2.25 bits per heavy atom. The Morgan fingerprint density at radius 3 is 2.81 bits per heavy atom. The van der Waals surface area contributed by atoms with Crippen LogP contribution in [-0.2, 0) is 14.3 Å². The quantitative estimate of drug-likeness (QED) is 0.616. The van der Waals surface area contributed by atoms with Crippen molar-refractivity contribution < 1.29 is 18.7 Å². The predicted octanol–water partition coefficient (Wildman–Crippen LogP) is 1.11. The van der Waals surface area contributed by atoms with E-state index in [0.717, 1.165) is 12.3 Å². The zero-order valence-electron chi connectivity index (χ0n) is 8.70. The second kappa shape index (κ2) is 5.79. The zero-order chi connectivity index (χ0) is 12.0. The minimum Gasteiger partial charge on any atom is -0.466 e. The van der Waals surface area contributed by atoms with Crippen molar-refractivity contribution in [2.75, 3.05) is 11.9 Å². The Balaban J connectivity index is 2.45. The Labute approximate surface area is 91.6 Å². The lowest BCUT2D eigenvalue weighted by Gasteiger charge is -2.03. The van der Waals surface area contributed by atoms with E-state index >= 15 is 0 Å². The van der Waals surface area contributed by atoms with E-state index in [-0.39, 0.29) is 18.8 Å². The van der Waals surface area contributed by atoms with Gasteiger partial charge in [0.1, 0.15) is 18.1 Å². The van der Waals surface area contributed by atoms with Gasteiger partial charge in [0, 0.05) is 0 Å². The molecule has 1 N–H and O–H groups in total. The third-order valence-corrected chi connectivity index (χ3v) is 1.61. The molecule has 1 rings (SSSR count). The molecular weight excluding hydrogens is 215 g/mol. The van der Waals surface area contributed by atoms with Crippen molar-refractivity contribution >= 4 is 17.7 Å². The molecule has 86 valence electrons. The van der Waals surface area contributed by atoms with E-state index in [2.05, 4.69) is 15.0 Å². The number of halogens is 1. The predicted molar refractivity (Wildman–Crippen MR) is 54.1 cm³/mol. The summed E-state index contributed by atoms with van der Waals surface area (Å²) in [4.78, 5) is 25.8. The maximum absolute atomic E-state index is 12.5. The van der Waals surface area contributed by atoms with Gasteiger partial charge in [-0.15, -0.1) is 0 Å². The molecule has 6 heteroatoms. The highest BCUT2D eigenvalue weighted by molar-refractivity contribution is 6.01. The number of aromatic nitrogens is 1. The molecule has 0 aliphatic rings. The molecule has 0 bridgehead atoms. The fourth-order valence-electron chi connectivity index (χ4n) is 0.980. The molecule has 0 aliphatic heterocycles. The number of amides is 1. The summed E-state index contributed by atoms with van der Waals surface area (Å²) in [5, 5.41) is 2.34. The van der Waals surface area contributed by atoms with Crippen LogP contribution in [0.5, 0.6) is 0 Å². The van der Waals surface area contributed by atoms with Crippen LogP contribution in [-0.4, -0.2) is 23.5 Å². The largest absolute Gasteiger partial charge is 0.466 e. The lowest BCUT2D eigenvalue weighted by molar-refractivity contribution is -0.145. The first-order valence-electron chi connectivity index (χ1n) is 4.69. The average Bonchev–Trinajstić information content (AvgIpc) is 2.21. The number of anilines is 1. The van der Waals surface area contributed by atoms with Crippen LogP contribution in [0.3, 0.4) is 0 Å². The summed E-state index contributed by atoms with van der Waals surface area (Å²) in [7, 11) is 0. The van der Waals surface area contributed by atoms with Crippen LogP contribution < -0.4 is 5.32 Å². The molecule has 0 aromatic carbocycles. The van der Waals surface area contributed by atoms with Gasteiger partial charge in [0.25, 0.3) is 0 Å². The lowest BCUT2D eigenvalue weighted by atomic mass is 10.4. The number of rotatable bonds is 4. The molecule has 0 radical (unpaired) electrons. The zero-order valence-corrected chi connectivity index (χ0v) is 8.70. The molecule has 5 nitrogen and oxygen atoms in total. The van der Waals surface area contributed by atoms with Crippen molar-refractivity contribution in [1.82, 2.24) is 4.98 Å². The summed E-state index contributed by atoms with van der Waals surface area (Å²) < 4.78 is 17.1. The number of hydrogen-bond donors (Lipinski definition) is 1. The van der Waals surface area contributed by atoms with Crippen LogP contribution in [0.4, 0.5) is 10.2 Å². The van der Waals surface area contributed by atoms with E-state index in [1.807, 2.05) is 0 Å². The molecule has 0 aliphatic carbocycles. The maximum Gasteiger partial charge on any atom is 0.315 e. The average molecular weight is 226 g/mol. The second-order valence-electron chi connectivity index (χ2n) is 2.89. The van der Waals surface area contributed by atoms with Gasteiger partial charge in [-0.2, -0.15) is 0 Å². The van der Waals surface area contributed by atoms with Crippen molar-refractivity contribution in [3.63, 3.8) is 0 Å². The molecule has 0 saturated carbocycles. The summed E-state index contributed by atoms with van der Waals surface area (Å²) in [5.41, 5.74) is 0. The number of ether oxygens (including phenoxy) is 1. The van der Waals surface area contributed by atoms with Gasteiger partial charge in [0.15, 0.2) is 0 Å². The third kappa shape index (κ3) is 4.04. The van der Waals surface area contributed by atoms with Crippen molar-refractivity contribution in [2.24, 2.45) is 0 Å². The second-order valence-corrected chi connectivity index (χ2v) is 2.89. The van der Waals surface area contributed by atoms with E-state index in [1.165, 1.54) is 6.07 Å². The minimum absolute atomic E-state index is 0.190. The summed E-state index contributed by atoms with van der Waals surface area (Å²) in [6.45, 7) is 1.87. The van der Waals surface area contributed by atoms with Gasteiger partial charge >= 0.3 is 5.97 Å². The van der Waals surface area contributed by atoms with E-state index in [4.69, 9.17) is 0 Å². The molecule has 1 aromatic heterocycles. The Bertz CT molecular complexity index is 378. The normalized spacial score (nSPS) is 9.62. The minimum atomic E-state index is -0.609. The first-order valence-corrected chi connectivity index (χ1v) is 4.69. The SMILES string of the molecule is CCOC(=O)CC(=O)Nc1ccc(F)cn1. The van der Waals surface area contributed by atoms with Crippen LogP contribution in [0.15, 0.2) is 18.3 Å². The Morgan fingerprint density at radius 1 is 1.50 bits per heavy atom. The summed E-state index contributed by atoms with van der Waals surface area (Å²) >= 11 is 0. The molecule has 1 heterocycles. The number of carbonyl (C=O) groups is 2. The first-order chi connectivity index (χ1) is 7.61. The van der Waals surface area contributed by atoms with Crippen LogP contribution >= 0.6 is 0 Å². The molecule has 0 saturated heterocycles. The molecule has 0 unspecified atom stereocenters. The Kier molecular flexibility index (Phi) is 4.38. The third-order valence-electron chi connectivity index (χ3n) is 1.61. The van der Waals surface area contributed by atoms with Gasteiger partial charge in [-0.25, -0.2) is 9.37 Å². The van der Waals surface area contributed by atoms with Crippen molar-refractivity contribution in [2.45, 2.75) is 13.3 Å². The fourth-order valence-corrected chi connectivity index (χ4v) is 0.980. The van der Waals surface area contributed by atoms with E-state index in [9.17, 15) is 14.0 Å². The lowest BCUT2D eigenvalue weighted by Crippen LogP contribution is -2.18. The van der Waals surface area contributed by atoms with Crippen LogP contribution in [0, 0.1) is 5.82 Å². The van der Waals surface area contributed by atoms with Crippen LogP contribution in [0.1, 0.15) is 13.3 Å². The number of esters is 1. The highest BCUT2D eigenvalue weighted by Crippen LogP contribution is 2.04. The molecule has 0 atom stereocenters. The highest BCUT2D eigenvalue weighted by Gasteiger charge is 2.10. The topological polar surface area (TPSA) is 68.3 Å². The van der Waals surface area contributed by atoms with Crippen molar-refractivity contribution in [3.05, 3.63) is 24.1 Å². The summed E-state index contributed by atoms with van der Waals surface area (Å²) in [6, 6.07) is 2.46. The fraction of sp³-hybridized carbons (Fsp3) is 0.300. The number of nitrogens with one attached hydrogen (secondary N) is 1. The van der Waals surface area contributed by atoms with Gasteiger partial charge in [-0.1, -0.05) is 0 Å². The number of nitrogens with zero attached hydrogens (tertiary/aromatic N) is 1. The van der Waals surface area contributed by atoms with E-state index in [1.54, 1.807) is 6.92 Å². The standard InChI is InChI=1S/C10H11FN2O3/c1-2-16-10(15)5-9(14)13-8-4-3-7(11)6-12-8/h3-4,6H,2,5H2,1H3,(H,12,13,14).